The molecule has 1 aliphatic heterocycles. The lowest BCUT2D eigenvalue weighted by Gasteiger charge is -2.10. The first kappa shape index (κ1) is 20.9. The maximum absolute atomic E-state index is 12.9. The lowest BCUT2D eigenvalue weighted by molar-refractivity contribution is 0.0729. The molecule has 3 aromatic rings. The van der Waals surface area contributed by atoms with Gasteiger partial charge in [0.05, 0.1) is 18.9 Å². The summed E-state index contributed by atoms with van der Waals surface area (Å²) in [7, 11) is 1.43. The lowest BCUT2D eigenvalue weighted by atomic mass is 10.2. The summed E-state index contributed by atoms with van der Waals surface area (Å²) in [5.41, 5.74) is 3.51. The van der Waals surface area contributed by atoms with Crippen molar-refractivity contribution in [2.45, 2.75) is 0 Å². The van der Waals surface area contributed by atoms with Crippen LogP contribution in [0.3, 0.4) is 0 Å². The first-order chi connectivity index (χ1) is 15.5. The summed E-state index contributed by atoms with van der Waals surface area (Å²) < 4.78 is 34.2. The zero-order valence-corrected chi connectivity index (χ0v) is 16.8. The van der Waals surface area contributed by atoms with Crippen molar-refractivity contribution in [3.63, 3.8) is 0 Å². The number of rotatable bonds is 6. The number of benzene rings is 3. The van der Waals surface area contributed by atoms with Crippen LogP contribution in [-0.4, -0.2) is 32.0 Å². The van der Waals surface area contributed by atoms with E-state index in [0.717, 1.165) is 0 Å². The molecule has 1 aliphatic rings. The molecule has 0 atom stereocenters. The normalized spacial score (nSPS) is 11.9. The standard InChI is InChI=1S/C23H17FN2O6/c1-29-20-10-14(12-25-26-22(27)15-3-6-17(24)7-4-15)2-8-19(20)32-23(28)16-5-9-18-21(11-16)31-13-30-18/h2-12H,13H2,1H3,(H,26,27). The third-order valence-corrected chi connectivity index (χ3v) is 4.48. The van der Waals surface area contributed by atoms with Crippen LogP contribution in [0.2, 0.25) is 0 Å². The molecule has 162 valence electrons. The van der Waals surface area contributed by atoms with Gasteiger partial charge in [-0.2, -0.15) is 5.10 Å². The van der Waals surface area contributed by atoms with E-state index in [1.54, 1.807) is 36.4 Å². The number of hydrogen-bond acceptors (Lipinski definition) is 7. The highest BCUT2D eigenvalue weighted by Gasteiger charge is 2.18. The SMILES string of the molecule is COc1cc(C=NNC(=O)c2ccc(F)cc2)ccc1OC(=O)c1ccc2c(c1)OCO2. The van der Waals surface area contributed by atoms with Crippen molar-refractivity contribution in [3.8, 4) is 23.0 Å². The van der Waals surface area contributed by atoms with Crippen LogP contribution in [0.25, 0.3) is 0 Å². The summed E-state index contributed by atoms with van der Waals surface area (Å²) in [5.74, 6) is 0.0408. The van der Waals surface area contributed by atoms with E-state index < -0.39 is 17.7 Å². The van der Waals surface area contributed by atoms with Crippen molar-refractivity contribution >= 4 is 18.1 Å². The Morgan fingerprint density at radius 2 is 1.72 bits per heavy atom. The third-order valence-electron chi connectivity index (χ3n) is 4.48. The molecule has 0 saturated heterocycles. The highest BCUT2D eigenvalue weighted by Crippen LogP contribution is 2.33. The lowest BCUT2D eigenvalue weighted by Crippen LogP contribution is -2.17. The second-order valence-corrected chi connectivity index (χ2v) is 6.57. The number of nitrogens with one attached hydrogen (secondary N) is 1. The zero-order chi connectivity index (χ0) is 22.5. The number of carbonyl (C=O) groups is 2. The topological polar surface area (TPSA) is 95.5 Å². The molecule has 0 unspecified atom stereocenters. The Morgan fingerprint density at radius 1 is 0.969 bits per heavy atom. The average Bonchev–Trinajstić information content (AvgIpc) is 3.28. The molecule has 0 fully saturated rings. The van der Waals surface area contributed by atoms with Crippen molar-refractivity contribution in [1.29, 1.82) is 0 Å². The monoisotopic (exact) mass is 436 g/mol. The zero-order valence-electron chi connectivity index (χ0n) is 16.8. The van der Waals surface area contributed by atoms with E-state index in [1.807, 2.05) is 0 Å². The largest absolute Gasteiger partial charge is 0.493 e. The van der Waals surface area contributed by atoms with Gasteiger partial charge in [-0.3, -0.25) is 4.79 Å². The quantitative estimate of drug-likeness (QED) is 0.275. The Labute approximate surface area is 182 Å². The van der Waals surface area contributed by atoms with Gasteiger partial charge in [-0.25, -0.2) is 14.6 Å². The van der Waals surface area contributed by atoms with Gasteiger partial charge >= 0.3 is 5.97 Å². The molecule has 0 spiro atoms. The van der Waals surface area contributed by atoms with Gasteiger partial charge < -0.3 is 18.9 Å². The first-order valence-corrected chi connectivity index (χ1v) is 9.42. The van der Waals surface area contributed by atoms with Gasteiger partial charge in [0, 0.05) is 5.56 Å². The Morgan fingerprint density at radius 3 is 2.50 bits per heavy atom. The second kappa shape index (κ2) is 9.17. The van der Waals surface area contributed by atoms with E-state index in [2.05, 4.69) is 10.5 Å². The summed E-state index contributed by atoms with van der Waals surface area (Å²) in [6.45, 7) is 0.106. The van der Waals surface area contributed by atoms with Gasteiger partial charge in [-0.05, 0) is 66.2 Å². The van der Waals surface area contributed by atoms with E-state index in [4.69, 9.17) is 18.9 Å². The van der Waals surface area contributed by atoms with E-state index in [0.29, 0.717) is 28.4 Å². The molecule has 0 radical (unpaired) electrons. The number of nitrogens with zero attached hydrogens (tertiary/aromatic N) is 1. The fraction of sp³-hybridized carbons (Fsp3) is 0.0870. The van der Waals surface area contributed by atoms with Crippen LogP contribution in [0.15, 0.2) is 65.8 Å². The number of ether oxygens (including phenoxy) is 4. The molecular formula is C23H17FN2O6. The number of hydrogen-bond donors (Lipinski definition) is 1. The maximum atomic E-state index is 12.9. The number of esters is 1. The smallest absolute Gasteiger partial charge is 0.343 e. The minimum atomic E-state index is -0.588. The number of halogens is 1. The van der Waals surface area contributed by atoms with Crippen molar-refractivity contribution in [2.75, 3.05) is 13.9 Å². The molecule has 0 saturated carbocycles. The number of methoxy groups -OCH3 is 1. The summed E-state index contributed by atoms with van der Waals surface area (Å²) in [6.07, 6.45) is 1.40. The Bertz CT molecular complexity index is 1190. The maximum Gasteiger partial charge on any atom is 0.343 e. The van der Waals surface area contributed by atoms with Gasteiger partial charge in [0.15, 0.2) is 23.0 Å². The van der Waals surface area contributed by atoms with Crippen LogP contribution < -0.4 is 24.4 Å². The van der Waals surface area contributed by atoms with Crippen molar-refractivity contribution < 1.29 is 32.9 Å². The van der Waals surface area contributed by atoms with Gasteiger partial charge in [-0.1, -0.05) is 0 Å². The third kappa shape index (κ3) is 4.67. The van der Waals surface area contributed by atoms with Crippen LogP contribution in [-0.2, 0) is 0 Å². The molecule has 9 heteroatoms. The molecule has 0 bridgehead atoms. The Balaban J connectivity index is 1.42. The fourth-order valence-corrected chi connectivity index (χ4v) is 2.86. The van der Waals surface area contributed by atoms with E-state index in [9.17, 15) is 14.0 Å². The molecule has 0 aliphatic carbocycles. The molecule has 4 rings (SSSR count). The summed E-state index contributed by atoms with van der Waals surface area (Å²) >= 11 is 0. The minimum absolute atomic E-state index is 0.106. The van der Waals surface area contributed by atoms with Crippen LogP contribution in [0.1, 0.15) is 26.3 Å². The fourth-order valence-electron chi connectivity index (χ4n) is 2.86. The number of fused-ring (bicyclic) bond motifs is 1. The van der Waals surface area contributed by atoms with E-state index in [1.165, 1.54) is 37.6 Å². The molecule has 1 N–H and O–H groups in total. The average molecular weight is 436 g/mol. The van der Waals surface area contributed by atoms with Crippen molar-refractivity contribution in [1.82, 2.24) is 5.43 Å². The highest BCUT2D eigenvalue weighted by atomic mass is 19.1. The first-order valence-electron chi connectivity index (χ1n) is 9.42. The summed E-state index contributed by atoms with van der Waals surface area (Å²) in [6, 6.07) is 14.6. The second-order valence-electron chi connectivity index (χ2n) is 6.57. The molecule has 3 aromatic carbocycles. The van der Waals surface area contributed by atoms with Crippen molar-refractivity contribution in [2.24, 2.45) is 5.10 Å². The summed E-state index contributed by atoms with van der Waals surface area (Å²) in [4.78, 5) is 24.5. The molecule has 1 amide bonds. The van der Waals surface area contributed by atoms with Crippen LogP contribution in [0.5, 0.6) is 23.0 Å². The van der Waals surface area contributed by atoms with Gasteiger partial charge in [0.2, 0.25) is 6.79 Å². The van der Waals surface area contributed by atoms with E-state index >= 15 is 0 Å². The molecule has 1 heterocycles. The Hall–Kier alpha value is -4.40. The van der Waals surface area contributed by atoms with Crippen LogP contribution in [0.4, 0.5) is 4.39 Å². The number of amides is 1. The summed E-state index contributed by atoms with van der Waals surface area (Å²) in [5, 5.41) is 3.88. The number of carbonyl (C=O) groups excluding carboxylic acids is 2. The van der Waals surface area contributed by atoms with Crippen molar-refractivity contribution in [3.05, 3.63) is 83.2 Å². The minimum Gasteiger partial charge on any atom is -0.493 e. The molecule has 32 heavy (non-hydrogen) atoms. The van der Waals surface area contributed by atoms with Gasteiger partial charge in [0.1, 0.15) is 5.82 Å². The number of hydrazone groups is 1. The Kier molecular flexibility index (Phi) is 5.98. The predicted octanol–water partition coefficient (Wildman–Crippen LogP) is 3.55. The van der Waals surface area contributed by atoms with E-state index in [-0.39, 0.29) is 18.1 Å². The molecule has 0 aromatic heterocycles. The van der Waals surface area contributed by atoms with Crippen LogP contribution in [0, 0.1) is 5.82 Å². The van der Waals surface area contributed by atoms with Crippen LogP contribution >= 0.6 is 0 Å². The molecular weight excluding hydrogens is 419 g/mol. The highest BCUT2D eigenvalue weighted by molar-refractivity contribution is 5.95. The van der Waals surface area contributed by atoms with Gasteiger partial charge in [-0.15, -0.1) is 0 Å². The van der Waals surface area contributed by atoms with Gasteiger partial charge in [0.25, 0.3) is 5.91 Å². The predicted molar refractivity (Wildman–Crippen MR) is 112 cm³/mol. The molecule has 8 nitrogen and oxygen atoms in total.